The van der Waals surface area contributed by atoms with Crippen molar-refractivity contribution < 1.29 is 70.8 Å². The molecule has 1 aliphatic heterocycles. The van der Waals surface area contributed by atoms with Crippen LogP contribution in [0.1, 0.15) is 76.3 Å². The van der Waals surface area contributed by atoms with E-state index in [1.54, 1.807) is 23.3 Å². The van der Waals surface area contributed by atoms with Crippen molar-refractivity contribution in [1.82, 2.24) is 19.0 Å². The zero-order valence-electron chi connectivity index (χ0n) is 25.4. The third-order valence-electron chi connectivity index (χ3n) is 7.45. The SMILES string of the molecule is COc1c(C(C)(C)C)cc(-c2ncc(C3CCN(C(=O)Cn4ccn(CC(=O)[O-])c4=O)CC3)s2)cc1C(C)(C)C.[K+]. The maximum Gasteiger partial charge on any atom is 1.00 e. The van der Waals surface area contributed by atoms with Gasteiger partial charge in [0.05, 0.1) is 19.6 Å². The first kappa shape index (κ1) is 33.7. The monoisotopic (exact) mass is 606 g/mol. The fourth-order valence-corrected chi connectivity index (χ4v) is 6.26. The third-order valence-corrected chi connectivity index (χ3v) is 8.66. The number of methoxy groups -OCH3 is 1. The number of carboxylic acids is 1. The van der Waals surface area contributed by atoms with Crippen LogP contribution in [0.25, 0.3) is 10.6 Å². The molecule has 1 amide bonds. The van der Waals surface area contributed by atoms with Crippen molar-refractivity contribution in [3.05, 3.63) is 57.2 Å². The summed E-state index contributed by atoms with van der Waals surface area (Å²) in [6, 6.07) is 4.42. The van der Waals surface area contributed by atoms with E-state index in [1.807, 2.05) is 6.20 Å². The summed E-state index contributed by atoms with van der Waals surface area (Å²) in [7, 11) is 1.74. The first-order valence-electron chi connectivity index (χ1n) is 13.6. The Bertz CT molecular complexity index is 1420. The van der Waals surface area contributed by atoms with E-state index < -0.39 is 18.2 Å². The smallest absolute Gasteiger partial charge is 0.548 e. The minimum absolute atomic E-state index is 0. The Morgan fingerprint density at radius 1 is 1.00 bits per heavy atom. The van der Waals surface area contributed by atoms with Crippen LogP contribution in [0.2, 0.25) is 0 Å². The number of aliphatic carboxylic acids is 1. The van der Waals surface area contributed by atoms with Crippen LogP contribution in [-0.4, -0.2) is 51.1 Å². The van der Waals surface area contributed by atoms with Crippen molar-refractivity contribution in [2.45, 2.75) is 84.2 Å². The first-order valence-corrected chi connectivity index (χ1v) is 14.4. The summed E-state index contributed by atoms with van der Waals surface area (Å²) in [5.74, 6) is -0.255. The van der Waals surface area contributed by atoms with Gasteiger partial charge in [-0.3, -0.25) is 13.9 Å². The number of thiazole rings is 1. The molecule has 1 aliphatic rings. The molecular formula is C30H39KN4O5S. The maximum atomic E-state index is 12.9. The van der Waals surface area contributed by atoms with Crippen LogP contribution in [0.15, 0.2) is 35.5 Å². The van der Waals surface area contributed by atoms with Gasteiger partial charge in [0.25, 0.3) is 0 Å². The minimum atomic E-state index is -1.35. The van der Waals surface area contributed by atoms with Crippen molar-refractivity contribution in [2.75, 3.05) is 20.2 Å². The predicted octanol–water partition coefficient (Wildman–Crippen LogP) is 0.537. The molecule has 11 heteroatoms. The predicted molar refractivity (Wildman–Crippen MR) is 154 cm³/mol. The topological polar surface area (TPSA) is 109 Å². The molecule has 3 heterocycles. The molecule has 1 saturated heterocycles. The number of hydrogen-bond acceptors (Lipinski definition) is 7. The number of likely N-dealkylation sites (tertiary alicyclic amines) is 1. The number of carboxylic acid groups (broad SMARTS) is 1. The fraction of sp³-hybridized carbons (Fsp3) is 0.533. The van der Waals surface area contributed by atoms with Crippen LogP contribution in [0.4, 0.5) is 0 Å². The van der Waals surface area contributed by atoms with E-state index in [-0.39, 0.29) is 74.7 Å². The number of carbonyl (C=O) groups is 2. The summed E-state index contributed by atoms with van der Waals surface area (Å²) in [5.41, 5.74) is 2.69. The Morgan fingerprint density at radius 2 is 1.54 bits per heavy atom. The maximum absolute atomic E-state index is 12.9. The molecule has 1 fully saturated rings. The average molecular weight is 607 g/mol. The van der Waals surface area contributed by atoms with Gasteiger partial charge in [0, 0.05) is 53.2 Å². The Balaban J connectivity index is 0.00000462. The number of hydrogen-bond donors (Lipinski definition) is 0. The van der Waals surface area contributed by atoms with Crippen molar-refractivity contribution in [1.29, 1.82) is 0 Å². The number of imidazole rings is 1. The van der Waals surface area contributed by atoms with Gasteiger partial charge in [-0.05, 0) is 41.7 Å². The number of ether oxygens (including phenoxy) is 1. The fourth-order valence-electron chi connectivity index (χ4n) is 5.19. The normalized spacial score (nSPS) is 14.6. The largest absolute Gasteiger partial charge is 1.00 e. The van der Waals surface area contributed by atoms with Crippen LogP contribution in [0, 0.1) is 0 Å². The minimum Gasteiger partial charge on any atom is -0.548 e. The number of rotatable bonds is 7. The number of piperidine rings is 1. The number of benzene rings is 1. The van der Waals surface area contributed by atoms with E-state index in [9.17, 15) is 19.5 Å². The van der Waals surface area contributed by atoms with Gasteiger partial charge in [-0.25, -0.2) is 9.78 Å². The zero-order chi connectivity index (χ0) is 29.4. The molecule has 0 aliphatic carbocycles. The Morgan fingerprint density at radius 3 is 2.02 bits per heavy atom. The molecule has 3 aromatic rings. The van der Waals surface area contributed by atoms with E-state index in [2.05, 4.69) is 53.7 Å². The average Bonchev–Trinajstić information content (AvgIpc) is 3.50. The zero-order valence-corrected chi connectivity index (χ0v) is 29.4. The molecular weight excluding hydrogens is 568 g/mol. The number of carbonyl (C=O) groups excluding carboxylic acids is 2. The summed E-state index contributed by atoms with van der Waals surface area (Å²) in [6.45, 7) is 13.7. The van der Waals surface area contributed by atoms with E-state index in [0.717, 1.165) is 44.9 Å². The molecule has 1 aromatic carbocycles. The van der Waals surface area contributed by atoms with Gasteiger partial charge in [-0.1, -0.05) is 41.5 Å². The summed E-state index contributed by atoms with van der Waals surface area (Å²) in [5, 5.41) is 11.8. The van der Waals surface area contributed by atoms with Gasteiger partial charge in [0.15, 0.2) is 0 Å². The Kier molecular flexibility index (Phi) is 10.9. The second-order valence-corrected chi connectivity index (χ2v) is 13.6. The number of nitrogens with zero attached hydrogens (tertiary/aromatic N) is 4. The van der Waals surface area contributed by atoms with Gasteiger partial charge in [0.2, 0.25) is 5.91 Å². The van der Waals surface area contributed by atoms with Gasteiger partial charge < -0.3 is 19.5 Å². The van der Waals surface area contributed by atoms with Gasteiger partial charge in [-0.15, -0.1) is 11.3 Å². The van der Waals surface area contributed by atoms with Crippen molar-refractivity contribution in [3.8, 4) is 16.3 Å². The van der Waals surface area contributed by atoms with E-state index in [4.69, 9.17) is 9.72 Å². The molecule has 2 aromatic heterocycles. The van der Waals surface area contributed by atoms with Crippen molar-refractivity contribution in [2.24, 2.45) is 0 Å². The molecule has 0 bridgehead atoms. The Labute approximate surface area is 288 Å². The summed E-state index contributed by atoms with van der Waals surface area (Å²) in [4.78, 5) is 43.8. The van der Waals surface area contributed by atoms with Crippen molar-refractivity contribution >= 4 is 23.2 Å². The van der Waals surface area contributed by atoms with Crippen LogP contribution < -0.4 is 66.9 Å². The molecule has 9 nitrogen and oxygen atoms in total. The van der Waals surface area contributed by atoms with E-state index in [1.165, 1.54) is 21.8 Å². The van der Waals surface area contributed by atoms with Gasteiger partial charge in [0.1, 0.15) is 17.3 Å². The first-order chi connectivity index (χ1) is 18.7. The molecule has 41 heavy (non-hydrogen) atoms. The third kappa shape index (κ3) is 7.80. The Hall–Kier alpha value is -1.76. The second-order valence-electron chi connectivity index (χ2n) is 12.5. The molecule has 0 N–H and O–H groups in total. The molecule has 0 radical (unpaired) electrons. The van der Waals surface area contributed by atoms with Crippen molar-refractivity contribution in [3.63, 3.8) is 0 Å². The summed E-state index contributed by atoms with van der Waals surface area (Å²) in [6.07, 6.45) is 6.40. The molecule has 0 saturated carbocycles. The second kappa shape index (κ2) is 13.3. The summed E-state index contributed by atoms with van der Waals surface area (Å²) >= 11 is 1.71. The van der Waals surface area contributed by atoms with Crippen LogP contribution in [0.3, 0.4) is 0 Å². The quantitative estimate of drug-likeness (QED) is 0.363. The van der Waals surface area contributed by atoms with E-state index >= 15 is 0 Å². The number of aromatic nitrogens is 3. The van der Waals surface area contributed by atoms with E-state index in [0.29, 0.717) is 19.0 Å². The van der Waals surface area contributed by atoms with Gasteiger partial charge >= 0.3 is 57.1 Å². The summed E-state index contributed by atoms with van der Waals surface area (Å²) < 4.78 is 8.17. The molecule has 0 spiro atoms. The molecule has 4 rings (SSSR count). The van der Waals surface area contributed by atoms with Crippen LogP contribution >= 0.6 is 11.3 Å². The molecule has 0 atom stereocenters. The van der Waals surface area contributed by atoms with Gasteiger partial charge in [-0.2, -0.15) is 0 Å². The van der Waals surface area contributed by atoms with Crippen LogP contribution in [0.5, 0.6) is 5.75 Å². The molecule has 0 unspecified atom stereocenters. The standard InChI is InChI=1S/C30H40N4O5S.K/c1-29(2,3)21-14-20(15-22(26(21)39-7)30(4,5)6)27-31-16-23(40-27)19-8-10-32(11-9-19)24(35)17-33-12-13-34(28(33)38)18-25(36)37;/h12-16,19H,8-11,17-18H2,1-7H3,(H,36,37);/q;+1/p-1. The molecule has 216 valence electrons. The van der Waals surface area contributed by atoms with Crippen LogP contribution in [-0.2, 0) is 33.5 Å². The number of amides is 1.